The van der Waals surface area contributed by atoms with Crippen molar-refractivity contribution >= 4 is 0 Å². The van der Waals surface area contributed by atoms with Crippen molar-refractivity contribution < 1.29 is 4.74 Å². The molecule has 2 nitrogen and oxygen atoms in total. The van der Waals surface area contributed by atoms with Gasteiger partial charge in [0.1, 0.15) is 5.75 Å². The number of hydrogen-bond acceptors (Lipinski definition) is 2. The normalized spacial score (nSPS) is 12.2. The first-order chi connectivity index (χ1) is 10.0. The molecule has 0 radical (unpaired) electrons. The molecule has 112 valence electrons. The molecule has 21 heavy (non-hydrogen) atoms. The molecule has 2 aromatic carbocycles. The lowest BCUT2D eigenvalue weighted by molar-refractivity contribution is 0.404. The molecular formula is C19H25NO. The average Bonchev–Trinajstić information content (AvgIpc) is 2.47. The van der Waals surface area contributed by atoms with Gasteiger partial charge >= 0.3 is 0 Å². The summed E-state index contributed by atoms with van der Waals surface area (Å²) in [6.07, 6.45) is 0.942. The molecule has 0 spiro atoms. The number of benzene rings is 2. The van der Waals surface area contributed by atoms with Crippen LogP contribution in [-0.2, 0) is 6.42 Å². The van der Waals surface area contributed by atoms with Crippen molar-refractivity contribution in [2.45, 2.75) is 33.1 Å². The Balaban J connectivity index is 2.35. The fraction of sp³-hybridized carbons (Fsp3) is 0.368. The molecule has 2 N–H and O–H groups in total. The minimum absolute atomic E-state index is 0.279. The Kier molecular flexibility index (Phi) is 5.03. The predicted molar refractivity (Wildman–Crippen MR) is 89.1 cm³/mol. The summed E-state index contributed by atoms with van der Waals surface area (Å²) in [6, 6.07) is 13.0. The summed E-state index contributed by atoms with van der Waals surface area (Å²) in [4.78, 5) is 0. The highest BCUT2D eigenvalue weighted by Crippen LogP contribution is 2.31. The standard InChI is InChI=1S/C19H25NO/c1-13-6-5-7-16(8-13)11-17(12-20)18-9-14(2)15(3)10-19(18)21-4/h5-10,17H,11-12,20H2,1-4H3. The largest absolute Gasteiger partial charge is 0.496 e. The molecule has 1 unspecified atom stereocenters. The zero-order valence-corrected chi connectivity index (χ0v) is 13.4. The zero-order valence-electron chi connectivity index (χ0n) is 13.4. The first-order valence-corrected chi connectivity index (χ1v) is 7.46. The van der Waals surface area contributed by atoms with E-state index in [1.54, 1.807) is 7.11 Å². The maximum atomic E-state index is 6.05. The van der Waals surface area contributed by atoms with E-state index >= 15 is 0 Å². The highest BCUT2D eigenvalue weighted by molar-refractivity contribution is 5.44. The van der Waals surface area contributed by atoms with Gasteiger partial charge in [0, 0.05) is 5.92 Å². The molecule has 2 heteroatoms. The van der Waals surface area contributed by atoms with Crippen LogP contribution in [0.5, 0.6) is 5.75 Å². The number of nitrogens with two attached hydrogens (primary N) is 1. The Morgan fingerprint density at radius 1 is 1.05 bits per heavy atom. The lowest BCUT2D eigenvalue weighted by Crippen LogP contribution is -2.16. The van der Waals surface area contributed by atoms with E-state index in [9.17, 15) is 0 Å². The van der Waals surface area contributed by atoms with Crippen LogP contribution in [0, 0.1) is 20.8 Å². The van der Waals surface area contributed by atoms with Gasteiger partial charge in [-0.1, -0.05) is 35.9 Å². The summed E-state index contributed by atoms with van der Waals surface area (Å²) in [5.41, 5.74) is 12.4. The van der Waals surface area contributed by atoms with E-state index in [1.807, 2.05) is 0 Å². The van der Waals surface area contributed by atoms with Gasteiger partial charge in [0.15, 0.2) is 0 Å². The van der Waals surface area contributed by atoms with Crippen LogP contribution < -0.4 is 10.5 Å². The molecule has 0 aliphatic heterocycles. The van der Waals surface area contributed by atoms with E-state index in [-0.39, 0.29) is 5.92 Å². The highest BCUT2D eigenvalue weighted by atomic mass is 16.5. The minimum atomic E-state index is 0.279. The topological polar surface area (TPSA) is 35.2 Å². The number of methoxy groups -OCH3 is 1. The average molecular weight is 283 g/mol. The van der Waals surface area contributed by atoms with Gasteiger partial charge in [-0.2, -0.15) is 0 Å². The third-order valence-corrected chi connectivity index (χ3v) is 4.13. The quantitative estimate of drug-likeness (QED) is 0.903. The first kappa shape index (κ1) is 15.6. The zero-order chi connectivity index (χ0) is 15.4. The second-order valence-electron chi connectivity index (χ2n) is 5.80. The van der Waals surface area contributed by atoms with Crippen LogP contribution in [0.15, 0.2) is 36.4 Å². The van der Waals surface area contributed by atoms with Crippen LogP contribution in [-0.4, -0.2) is 13.7 Å². The lowest BCUT2D eigenvalue weighted by Gasteiger charge is -2.20. The third-order valence-electron chi connectivity index (χ3n) is 4.13. The molecule has 1 atom stereocenters. The van der Waals surface area contributed by atoms with Gasteiger partial charge in [-0.05, 0) is 62.1 Å². The fourth-order valence-corrected chi connectivity index (χ4v) is 2.75. The fourth-order valence-electron chi connectivity index (χ4n) is 2.75. The van der Waals surface area contributed by atoms with Crippen LogP contribution in [0.4, 0.5) is 0 Å². The van der Waals surface area contributed by atoms with Crippen LogP contribution in [0.25, 0.3) is 0 Å². The van der Waals surface area contributed by atoms with Gasteiger partial charge in [0.25, 0.3) is 0 Å². The van der Waals surface area contributed by atoms with Crippen LogP contribution in [0.2, 0.25) is 0 Å². The summed E-state index contributed by atoms with van der Waals surface area (Å²) in [7, 11) is 1.73. The summed E-state index contributed by atoms with van der Waals surface area (Å²) in [6.45, 7) is 6.99. The van der Waals surface area contributed by atoms with Crippen LogP contribution in [0.1, 0.15) is 33.7 Å². The number of ether oxygens (including phenoxy) is 1. The van der Waals surface area contributed by atoms with Crippen molar-refractivity contribution in [1.82, 2.24) is 0 Å². The minimum Gasteiger partial charge on any atom is -0.496 e. The van der Waals surface area contributed by atoms with E-state index in [4.69, 9.17) is 10.5 Å². The van der Waals surface area contributed by atoms with E-state index in [2.05, 4.69) is 57.2 Å². The van der Waals surface area contributed by atoms with Gasteiger partial charge in [-0.25, -0.2) is 0 Å². The maximum absolute atomic E-state index is 6.05. The number of aryl methyl sites for hydroxylation is 3. The summed E-state index contributed by atoms with van der Waals surface area (Å²) in [5, 5.41) is 0. The molecule has 0 amide bonds. The van der Waals surface area contributed by atoms with Gasteiger partial charge in [-0.15, -0.1) is 0 Å². The highest BCUT2D eigenvalue weighted by Gasteiger charge is 2.17. The number of hydrogen-bond donors (Lipinski definition) is 1. The maximum Gasteiger partial charge on any atom is 0.122 e. The van der Waals surface area contributed by atoms with Crippen molar-refractivity contribution in [3.8, 4) is 5.75 Å². The molecule has 0 bridgehead atoms. The van der Waals surface area contributed by atoms with Gasteiger partial charge in [0.2, 0.25) is 0 Å². The molecule has 0 aromatic heterocycles. The Morgan fingerprint density at radius 2 is 1.76 bits per heavy atom. The van der Waals surface area contributed by atoms with Crippen molar-refractivity contribution in [1.29, 1.82) is 0 Å². The van der Waals surface area contributed by atoms with Gasteiger partial charge in [0.05, 0.1) is 7.11 Å². The summed E-state index contributed by atoms with van der Waals surface area (Å²) < 4.78 is 5.57. The Morgan fingerprint density at radius 3 is 2.38 bits per heavy atom. The smallest absolute Gasteiger partial charge is 0.122 e. The lowest BCUT2D eigenvalue weighted by atomic mass is 9.89. The Labute approximate surface area is 127 Å². The first-order valence-electron chi connectivity index (χ1n) is 7.46. The van der Waals surface area contributed by atoms with E-state index in [0.717, 1.165) is 12.2 Å². The van der Waals surface area contributed by atoms with Crippen molar-refractivity contribution in [3.63, 3.8) is 0 Å². The second kappa shape index (κ2) is 6.77. The second-order valence-corrected chi connectivity index (χ2v) is 5.80. The molecule has 0 fully saturated rings. The number of rotatable bonds is 5. The third kappa shape index (κ3) is 3.64. The van der Waals surface area contributed by atoms with Crippen LogP contribution in [0.3, 0.4) is 0 Å². The molecule has 0 saturated heterocycles. The van der Waals surface area contributed by atoms with Gasteiger partial charge in [-0.3, -0.25) is 0 Å². The van der Waals surface area contributed by atoms with Gasteiger partial charge < -0.3 is 10.5 Å². The van der Waals surface area contributed by atoms with E-state index < -0.39 is 0 Å². The molecular weight excluding hydrogens is 258 g/mol. The SMILES string of the molecule is COc1cc(C)c(C)cc1C(CN)Cc1cccc(C)c1. The monoisotopic (exact) mass is 283 g/mol. The Hall–Kier alpha value is -1.80. The van der Waals surface area contributed by atoms with Crippen LogP contribution >= 0.6 is 0 Å². The van der Waals surface area contributed by atoms with Crippen molar-refractivity contribution in [2.75, 3.05) is 13.7 Å². The molecule has 0 saturated carbocycles. The molecule has 2 aromatic rings. The van der Waals surface area contributed by atoms with Crippen molar-refractivity contribution in [3.05, 3.63) is 64.2 Å². The summed E-state index contributed by atoms with van der Waals surface area (Å²) in [5.74, 6) is 1.22. The van der Waals surface area contributed by atoms with E-state index in [1.165, 1.54) is 27.8 Å². The van der Waals surface area contributed by atoms with Crippen molar-refractivity contribution in [2.24, 2.45) is 5.73 Å². The summed E-state index contributed by atoms with van der Waals surface area (Å²) >= 11 is 0. The predicted octanol–water partition coefficient (Wildman–Crippen LogP) is 3.91. The molecule has 0 heterocycles. The molecule has 0 aliphatic rings. The Bertz CT molecular complexity index is 619. The molecule has 2 rings (SSSR count). The van der Waals surface area contributed by atoms with E-state index in [0.29, 0.717) is 6.54 Å². The molecule has 0 aliphatic carbocycles.